The maximum Gasteiger partial charge on any atom is 0.276 e. The molecule has 0 atom stereocenters. The molecule has 0 aliphatic rings. The van der Waals surface area contributed by atoms with E-state index in [-0.39, 0.29) is 4.90 Å². The van der Waals surface area contributed by atoms with Crippen LogP contribution in [0.25, 0.3) is 22.4 Å². The van der Waals surface area contributed by atoms with E-state index < -0.39 is 10.0 Å². The highest BCUT2D eigenvalue weighted by molar-refractivity contribution is 7.99. The first-order valence-electron chi connectivity index (χ1n) is 9.13. The minimum Gasteiger partial charge on any atom is -0.493 e. The molecule has 2 aromatic heterocycles. The van der Waals surface area contributed by atoms with Crippen LogP contribution in [0.1, 0.15) is 0 Å². The second-order valence-electron chi connectivity index (χ2n) is 6.58. The number of hydrogen-bond donors (Lipinski definition) is 1. The van der Waals surface area contributed by atoms with Crippen LogP contribution in [0.2, 0.25) is 0 Å². The average molecular weight is 445 g/mol. The summed E-state index contributed by atoms with van der Waals surface area (Å²) in [5.41, 5.74) is 1.88. The minimum absolute atomic E-state index is 0.227. The molecule has 10 heteroatoms. The Labute approximate surface area is 178 Å². The summed E-state index contributed by atoms with van der Waals surface area (Å²) in [6.45, 7) is 0.412. The van der Waals surface area contributed by atoms with E-state index in [1.165, 1.54) is 42.3 Å². The molecule has 2 aromatic carbocycles. The quantitative estimate of drug-likeness (QED) is 0.327. The lowest BCUT2D eigenvalue weighted by molar-refractivity contribution is 0.343. The SMILES string of the molecule is CN(C)S(=O)(=O)c1ccc(OCCSc2nnc(-c3c[nH]c4ccccc34)o2)cc1. The third-order valence-electron chi connectivity index (χ3n) is 4.41. The number of sulfonamides is 1. The van der Waals surface area contributed by atoms with Crippen LogP contribution in [0.4, 0.5) is 0 Å². The van der Waals surface area contributed by atoms with Gasteiger partial charge in [-0.05, 0) is 30.3 Å². The topological polar surface area (TPSA) is 101 Å². The summed E-state index contributed by atoms with van der Waals surface area (Å²) < 4.78 is 36.8. The molecular weight excluding hydrogens is 424 g/mol. The summed E-state index contributed by atoms with van der Waals surface area (Å²) in [6, 6.07) is 14.3. The van der Waals surface area contributed by atoms with Gasteiger partial charge in [-0.25, -0.2) is 12.7 Å². The summed E-state index contributed by atoms with van der Waals surface area (Å²) in [5, 5.41) is 9.71. The van der Waals surface area contributed by atoms with E-state index in [0.717, 1.165) is 16.5 Å². The number of fused-ring (bicyclic) bond motifs is 1. The van der Waals surface area contributed by atoms with Crippen molar-refractivity contribution in [1.29, 1.82) is 0 Å². The predicted octanol–water partition coefficient (Wildman–Crippen LogP) is 3.64. The van der Waals surface area contributed by atoms with Crippen molar-refractivity contribution in [3.8, 4) is 17.2 Å². The number of H-pyrrole nitrogens is 1. The van der Waals surface area contributed by atoms with Gasteiger partial charge in [0.2, 0.25) is 10.0 Å². The zero-order valence-corrected chi connectivity index (χ0v) is 18.0. The molecule has 4 aromatic rings. The van der Waals surface area contributed by atoms with Crippen LogP contribution in [-0.4, -0.2) is 54.4 Å². The molecule has 0 saturated heterocycles. The molecule has 8 nitrogen and oxygen atoms in total. The molecule has 0 aliphatic heterocycles. The van der Waals surface area contributed by atoms with E-state index in [2.05, 4.69) is 15.2 Å². The van der Waals surface area contributed by atoms with E-state index in [0.29, 0.717) is 29.2 Å². The second-order valence-corrected chi connectivity index (χ2v) is 9.77. The maximum atomic E-state index is 12.1. The van der Waals surface area contributed by atoms with E-state index >= 15 is 0 Å². The number of aromatic amines is 1. The number of para-hydroxylation sites is 1. The van der Waals surface area contributed by atoms with Gasteiger partial charge in [0.25, 0.3) is 11.1 Å². The molecule has 0 fully saturated rings. The molecule has 156 valence electrons. The lowest BCUT2D eigenvalue weighted by atomic mass is 10.2. The van der Waals surface area contributed by atoms with Gasteiger partial charge in [0.1, 0.15) is 5.75 Å². The second kappa shape index (κ2) is 8.50. The normalized spacial score (nSPS) is 12.0. The zero-order valence-electron chi connectivity index (χ0n) is 16.4. The first kappa shape index (κ1) is 20.5. The van der Waals surface area contributed by atoms with Gasteiger partial charge in [0, 0.05) is 36.9 Å². The molecule has 0 saturated carbocycles. The summed E-state index contributed by atoms with van der Waals surface area (Å²) in [6.07, 6.45) is 1.86. The lowest BCUT2D eigenvalue weighted by Crippen LogP contribution is -2.22. The molecule has 1 N–H and O–H groups in total. The largest absolute Gasteiger partial charge is 0.493 e. The van der Waals surface area contributed by atoms with Crippen molar-refractivity contribution < 1.29 is 17.6 Å². The van der Waals surface area contributed by atoms with Crippen LogP contribution >= 0.6 is 11.8 Å². The van der Waals surface area contributed by atoms with Gasteiger partial charge >= 0.3 is 0 Å². The van der Waals surface area contributed by atoms with Crippen LogP contribution in [0.5, 0.6) is 5.75 Å². The number of aromatic nitrogens is 3. The highest BCUT2D eigenvalue weighted by Crippen LogP contribution is 2.29. The standard InChI is InChI=1S/C20H20N4O4S2/c1-24(2)30(25,26)15-9-7-14(8-10-15)27-11-12-29-20-23-22-19(28-20)17-13-21-18-6-4-3-5-16(17)18/h3-10,13,21H,11-12H2,1-2H3. The van der Waals surface area contributed by atoms with Crippen LogP contribution in [-0.2, 0) is 10.0 Å². The maximum absolute atomic E-state index is 12.1. The Kier molecular flexibility index (Phi) is 5.80. The highest BCUT2D eigenvalue weighted by Gasteiger charge is 2.17. The molecule has 0 aliphatic carbocycles. The Balaban J connectivity index is 1.31. The number of thioether (sulfide) groups is 1. The summed E-state index contributed by atoms with van der Waals surface area (Å²) >= 11 is 1.40. The Morgan fingerprint density at radius 3 is 2.63 bits per heavy atom. The first-order chi connectivity index (χ1) is 14.4. The smallest absolute Gasteiger partial charge is 0.276 e. The number of hydrogen-bond acceptors (Lipinski definition) is 7. The number of benzene rings is 2. The monoisotopic (exact) mass is 444 g/mol. The van der Waals surface area contributed by atoms with E-state index in [1.54, 1.807) is 12.1 Å². The van der Waals surface area contributed by atoms with Crippen molar-refractivity contribution >= 4 is 32.7 Å². The minimum atomic E-state index is -3.44. The Morgan fingerprint density at radius 2 is 1.87 bits per heavy atom. The van der Waals surface area contributed by atoms with Gasteiger partial charge in [-0.1, -0.05) is 30.0 Å². The van der Waals surface area contributed by atoms with E-state index in [1.807, 2.05) is 30.5 Å². The van der Waals surface area contributed by atoms with Crippen molar-refractivity contribution in [2.24, 2.45) is 0 Å². The van der Waals surface area contributed by atoms with Gasteiger partial charge in [-0.15, -0.1) is 10.2 Å². The van der Waals surface area contributed by atoms with Gasteiger partial charge in [-0.3, -0.25) is 0 Å². The van der Waals surface area contributed by atoms with Gasteiger partial charge in [0.05, 0.1) is 17.1 Å². The molecule has 4 rings (SSSR count). The summed E-state index contributed by atoms with van der Waals surface area (Å²) in [4.78, 5) is 3.42. The Hall–Kier alpha value is -2.82. The van der Waals surface area contributed by atoms with E-state index in [9.17, 15) is 8.42 Å². The molecule has 0 bridgehead atoms. The number of rotatable bonds is 8. The van der Waals surface area contributed by atoms with Crippen molar-refractivity contribution in [2.45, 2.75) is 10.1 Å². The Bertz CT molecular complexity index is 1250. The zero-order chi connectivity index (χ0) is 21.1. The van der Waals surface area contributed by atoms with Crippen molar-refractivity contribution in [3.05, 3.63) is 54.7 Å². The average Bonchev–Trinajstić information content (AvgIpc) is 3.38. The molecule has 0 radical (unpaired) electrons. The van der Waals surface area contributed by atoms with Crippen LogP contribution in [0.15, 0.2) is 69.3 Å². The summed E-state index contributed by atoms with van der Waals surface area (Å²) in [7, 11) is -0.444. The molecule has 2 heterocycles. The third-order valence-corrected chi connectivity index (χ3v) is 7.02. The predicted molar refractivity (Wildman–Crippen MR) is 115 cm³/mol. The molecule has 30 heavy (non-hydrogen) atoms. The van der Waals surface area contributed by atoms with Gasteiger partial charge in [-0.2, -0.15) is 0 Å². The Morgan fingerprint density at radius 1 is 1.10 bits per heavy atom. The molecule has 0 unspecified atom stereocenters. The van der Waals surface area contributed by atoms with Crippen LogP contribution in [0.3, 0.4) is 0 Å². The van der Waals surface area contributed by atoms with Gasteiger partial charge < -0.3 is 14.1 Å². The van der Waals surface area contributed by atoms with Gasteiger partial charge in [0.15, 0.2) is 0 Å². The highest BCUT2D eigenvalue weighted by atomic mass is 32.2. The molecule has 0 amide bonds. The first-order valence-corrected chi connectivity index (χ1v) is 11.6. The number of nitrogens with zero attached hydrogens (tertiary/aromatic N) is 3. The third kappa shape index (κ3) is 4.20. The summed E-state index contributed by atoms with van der Waals surface area (Å²) in [5.74, 6) is 1.67. The number of ether oxygens (including phenoxy) is 1. The van der Waals surface area contributed by atoms with Crippen LogP contribution < -0.4 is 4.74 Å². The van der Waals surface area contributed by atoms with E-state index in [4.69, 9.17) is 9.15 Å². The van der Waals surface area contributed by atoms with Crippen LogP contribution in [0, 0.1) is 0 Å². The fourth-order valence-electron chi connectivity index (χ4n) is 2.83. The fraction of sp³-hybridized carbons (Fsp3) is 0.200. The fourth-order valence-corrected chi connectivity index (χ4v) is 4.31. The van der Waals surface area contributed by atoms with Crippen molar-refractivity contribution in [1.82, 2.24) is 19.5 Å². The van der Waals surface area contributed by atoms with Crippen molar-refractivity contribution in [2.75, 3.05) is 26.5 Å². The lowest BCUT2D eigenvalue weighted by Gasteiger charge is -2.11. The molecule has 0 spiro atoms. The molecular formula is C20H20N4O4S2. The van der Waals surface area contributed by atoms with Crippen molar-refractivity contribution in [3.63, 3.8) is 0 Å². The number of nitrogens with one attached hydrogen (secondary N) is 1.